The topological polar surface area (TPSA) is 67.1 Å². The van der Waals surface area contributed by atoms with E-state index < -0.39 is 0 Å². The fraction of sp³-hybridized carbons (Fsp3) is 0.312. The third-order valence-corrected chi connectivity index (χ3v) is 5.02. The van der Waals surface area contributed by atoms with Crippen LogP contribution in [0, 0.1) is 0 Å². The van der Waals surface area contributed by atoms with Crippen molar-refractivity contribution in [3.05, 3.63) is 42.4 Å². The number of nitrogens with one attached hydrogen (secondary N) is 1. The molecule has 0 bridgehead atoms. The molecule has 1 atom stereocenters. The molecule has 3 aromatic rings. The number of aromatic nitrogens is 3. The van der Waals surface area contributed by atoms with Crippen molar-refractivity contribution >= 4 is 11.3 Å². The molecule has 1 fully saturated rings. The van der Waals surface area contributed by atoms with E-state index in [2.05, 4.69) is 32.4 Å². The number of nitrogens with zero attached hydrogens (tertiary/aromatic N) is 4. The second kappa shape index (κ2) is 6.19. The first-order valence-corrected chi connectivity index (χ1v) is 8.39. The molecule has 1 aliphatic rings. The molecule has 0 aliphatic carbocycles. The minimum Gasteiger partial charge on any atom is -0.333 e. The lowest BCUT2D eigenvalue weighted by molar-refractivity contribution is 0.190. The van der Waals surface area contributed by atoms with Gasteiger partial charge in [0.1, 0.15) is 9.88 Å². The summed E-state index contributed by atoms with van der Waals surface area (Å²) in [5.74, 6) is 1.27. The third kappa shape index (κ3) is 2.90. The molecule has 0 saturated carbocycles. The van der Waals surface area contributed by atoms with E-state index in [9.17, 15) is 0 Å². The van der Waals surface area contributed by atoms with Gasteiger partial charge in [0.15, 0.2) is 5.82 Å². The van der Waals surface area contributed by atoms with Gasteiger partial charge < -0.3 is 9.84 Å². The van der Waals surface area contributed by atoms with Crippen LogP contribution in [0.3, 0.4) is 0 Å². The summed E-state index contributed by atoms with van der Waals surface area (Å²) in [6.45, 7) is 2.81. The predicted molar refractivity (Wildman–Crippen MR) is 89.1 cm³/mol. The summed E-state index contributed by atoms with van der Waals surface area (Å²) in [6, 6.07) is 10.3. The molecular weight excluding hydrogens is 310 g/mol. The summed E-state index contributed by atoms with van der Waals surface area (Å²) in [6.07, 6.45) is 1.80. The maximum Gasteiger partial charge on any atom is 0.269 e. The largest absolute Gasteiger partial charge is 0.333 e. The second-order valence-corrected chi connectivity index (χ2v) is 6.58. The maximum atomic E-state index is 5.46. The summed E-state index contributed by atoms with van der Waals surface area (Å²) in [5.41, 5.74) is 1.10. The molecular formula is C16H17N5OS. The first kappa shape index (κ1) is 14.5. The summed E-state index contributed by atoms with van der Waals surface area (Å²) in [5, 5.41) is 8.48. The fourth-order valence-electron chi connectivity index (χ4n) is 2.65. The Bertz CT molecular complexity index is 785. The first-order valence-electron chi connectivity index (χ1n) is 7.57. The van der Waals surface area contributed by atoms with Gasteiger partial charge in [0.2, 0.25) is 0 Å². The van der Waals surface area contributed by atoms with Gasteiger partial charge in [-0.1, -0.05) is 35.5 Å². The Morgan fingerprint density at radius 1 is 1.30 bits per heavy atom. The van der Waals surface area contributed by atoms with Gasteiger partial charge in [-0.05, 0) is 7.05 Å². The van der Waals surface area contributed by atoms with E-state index in [0.29, 0.717) is 5.89 Å². The number of thiazole rings is 1. The molecule has 1 saturated heterocycles. The smallest absolute Gasteiger partial charge is 0.269 e. The standard InChI is InChI=1S/C16H17N5OS/c1-21-8-7-17-9-12(21)14-19-15(22-20-14)13-10-18-16(23-13)11-5-3-2-4-6-11/h2-6,10,12,17H,7-9H2,1H3. The minimum absolute atomic E-state index is 0.155. The van der Waals surface area contributed by atoms with Gasteiger partial charge in [-0.25, -0.2) is 4.98 Å². The van der Waals surface area contributed by atoms with Crippen LogP contribution in [0.25, 0.3) is 21.3 Å². The molecule has 7 heteroatoms. The van der Waals surface area contributed by atoms with Crippen LogP contribution >= 0.6 is 11.3 Å². The molecule has 1 aromatic carbocycles. The van der Waals surface area contributed by atoms with Crippen molar-refractivity contribution in [3.8, 4) is 21.3 Å². The Morgan fingerprint density at radius 3 is 3.00 bits per heavy atom. The number of hydrogen-bond acceptors (Lipinski definition) is 7. The molecule has 6 nitrogen and oxygen atoms in total. The first-order chi connectivity index (χ1) is 11.3. The second-order valence-electron chi connectivity index (χ2n) is 5.55. The Kier molecular flexibility index (Phi) is 3.90. The number of hydrogen-bond donors (Lipinski definition) is 1. The summed E-state index contributed by atoms with van der Waals surface area (Å²) in [7, 11) is 2.09. The molecule has 1 N–H and O–H groups in total. The Morgan fingerprint density at radius 2 is 2.17 bits per heavy atom. The third-order valence-electron chi connectivity index (χ3n) is 3.99. The van der Waals surface area contributed by atoms with Crippen LogP contribution < -0.4 is 5.32 Å². The SMILES string of the molecule is CN1CCNCC1c1noc(-c2cnc(-c3ccccc3)s2)n1. The van der Waals surface area contributed by atoms with Gasteiger partial charge in [-0.2, -0.15) is 4.98 Å². The Hall–Kier alpha value is -2.09. The zero-order valence-corrected chi connectivity index (χ0v) is 13.6. The molecule has 2 aromatic heterocycles. The van der Waals surface area contributed by atoms with E-state index in [1.807, 2.05) is 30.3 Å². The van der Waals surface area contributed by atoms with E-state index >= 15 is 0 Å². The van der Waals surface area contributed by atoms with Crippen LogP contribution in [0.2, 0.25) is 0 Å². The van der Waals surface area contributed by atoms with Gasteiger partial charge >= 0.3 is 0 Å². The van der Waals surface area contributed by atoms with Gasteiger partial charge in [0.05, 0.1) is 12.2 Å². The van der Waals surface area contributed by atoms with Crippen molar-refractivity contribution in [1.29, 1.82) is 0 Å². The van der Waals surface area contributed by atoms with E-state index in [1.54, 1.807) is 17.5 Å². The molecule has 4 rings (SSSR count). The van der Waals surface area contributed by atoms with Crippen molar-refractivity contribution in [3.63, 3.8) is 0 Å². The zero-order chi connectivity index (χ0) is 15.6. The minimum atomic E-state index is 0.155. The highest BCUT2D eigenvalue weighted by atomic mass is 32.1. The lowest BCUT2D eigenvalue weighted by Crippen LogP contribution is -2.44. The average molecular weight is 327 g/mol. The highest BCUT2D eigenvalue weighted by molar-refractivity contribution is 7.18. The maximum absolute atomic E-state index is 5.46. The molecule has 1 aliphatic heterocycles. The van der Waals surface area contributed by atoms with Crippen LogP contribution in [0.1, 0.15) is 11.9 Å². The van der Waals surface area contributed by atoms with Gasteiger partial charge in [-0.15, -0.1) is 11.3 Å². The number of rotatable bonds is 3. The van der Waals surface area contributed by atoms with E-state index in [0.717, 1.165) is 40.9 Å². The molecule has 1 unspecified atom stereocenters. The lowest BCUT2D eigenvalue weighted by Gasteiger charge is -2.30. The molecule has 118 valence electrons. The quantitative estimate of drug-likeness (QED) is 0.797. The van der Waals surface area contributed by atoms with Crippen molar-refractivity contribution < 1.29 is 4.52 Å². The Labute approximate surface area is 138 Å². The number of likely N-dealkylation sites (N-methyl/N-ethyl adjacent to an activating group) is 1. The average Bonchev–Trinajstić information content (AvgIpc) is 3.25. The van der Waals surface area contributed by atoms with Crippen molar-refractivity contribution in [1.82, 2.24) is 25.3 Å². The Balaban J connectivity index is 1.59. The van der Waals surface area contributed by atoms with E-state index in [4.69, 9.17) is 4.52 Å². The molecule has 0 spiro atoms. The summed E-state index contributed by atoms with van der Waals surface area (Å²) < 4.78 is 5.46. The summed E-state index contributed by atoms with van der Waals surface area (Å²) >= 11 is 1.56. The predicted octanol–water partition coefficient (Wildman–Crippen LogP) is 2.44. The van der Waals surface area contributed by atoms with Gasteiger partial charge in [0, 0.05) is 25.2 Å². The van der Waals surface area contributed by atoms with Crippen LogP contribution in [-0.4, -0.2) is 46.7 Å². The van der Waals surface area contributed by atoms with Crippen molar-refractivity contribution in [2.24, 2.45) is 0 Å². The fourth-order valence-corrected chi connectivity index (χ4v) is 3.50. The molecule has 0 amide bonds. The van der Waals surface area contributed by atoms with Gasteiger partial charge in [-0.3, -0.25) is 4.90 Å². The van der Waals surface area contributed by atoms with Crippen LogP contribution in [0.5, 0.6) is 0 Å². The highest BCUT2D eigenvalue weighted by Gasteiger charge is 2.26. The number of piperazine rings is 1. The molecule has 0 radical (unpaired) electrons. The van der Waals surface area contributed by atoms with Crippen LogP contribution in [-0.2, 0) is 0 Å². The van der Waals surface area contributed by atoms with Gasteiger partial charge in [0.25, 0.3) is 5.89 Å². The monoisotopic (exact) mass is 327 g/mol. The highest BCUT2D eigenvalue weighted by Crippen LogP contribution is 2.31. The molecule has 23 heavy (non-hydrogen) atoms. The molecule has 3 heterocycles. The van der Waals surface area contributed by atoms with Crippen LogP contribution in [0.15, 0.2) is 41.1 Å². The van der Waals surface area contributed by atoms with Crippen molar-refractivity contribution in [2.75, 3.05) is 26.7 Å². The van der Waals surface area contributed by atoms with E-state index in [-0.39, 0.29) is 6.04 Å². The summed E-state index contributed by atoms with van der Waals surface area (Å²) in [4.78, 5) is 12.2. The lowest BCUT2D eigenvalue weighted by atomic mass is 10.2. The van der Waals surface area contributed by atoms with E-state index in [1.165, 1.54) is 0 Å². The van der Waals surface area contributed by atoms with Crippen LogP contribution in [0.4, 0.5) is 0 Å². The van der Waals surface area contributed by atoms with Crippen molar-refractivity contribution in [2.45, 2.75) is 6.04 Å². The number of benzene rings is 1. The normalized spacial score (nSPS) is 19.1. The zero-order valence-electron chi connectivity index (χ0n) is 12.8.